The summed E-state index contributed by atoms with van der Waals surface area (Å²) in [4.78, 5) is 11.4. The van der Waals surface area contributed by atoms with Crippen LogP contribution in [0.2, 0.25) is 0 Å². The standard InChI is InChI=1S/C13H20N2O3/c1-3-10-4-5-11(12(8-10)17-2)18-9-13(16)15-7-6-14/h4-5,8H,3,6-7,9,14H2,1-2H3,(H,15,16). The summed E-state index contributed by atoms with van der Waals surface area (Å²) in [6.45, 7) is 2.89. The van der Waals surface area contributed by atoms with Gasteiger partial charge in [0.15, 0.2) is 18.1 Å². The Kier molecular flexibility index (Phi) is 6.00. The highest BCUT2D eigenvalue weighted by Crippen LogP contribution is 2.28. The second-order valence-electron chi connectivity index (χ2n) is 3.77. The van der Waals surface area contributed by atoms with Crippen LogP contribution in [0, 0.1) is 0 Å². The largest absolute Gasteiger partial charge is 0.493 e. The van der Waals surface area contributed by atoms with Gasteiger partial charge in [0, 0.05) is 13.1 Å². The van der Waals surface area contributed by atoms with Crippen molar-refractivity contribution in [3.05, 3.63) is 23.8 Å². The third-order valence-corrected chi connectivity index (χ3v) is 2.46. The lowest BCUT2D eigenvalue weighted by Gasteiger charge is -2.11. The zero-order valence-corrected chi connectivity index (χ0v) is 10.9. The van der Waals surface area contributed by atoms with Crippen molar-refractivity contribution in [3.8, 4) is 11.5 Å². The molecule has 0 heterocycles. The quantitative estimate of drug-likeness (QED) is 0.749. The van der Waals surface area contributed by atoms with Gasteiger partial charge in [-0.15, -0.1) is 0 Å². The Morgan fingerprint density at radius 3 is 2.78 bits per heavy atom. The molecule has 18 heavy (non-hydrogen) atoms. The van der Waals surface area contributed by atoms with Crippen LogP contribution in [-0.2, 0) is 11.2 Å². The number of amides is 1. The minimum Gasteiger partial charge on any atom is -0.493 e. The number of hydrogen-bond donors (Lipinski definition) is 2. The molecule has 0 saturated carbocycles. The van der Waals surface area contributed by atoms with Crippen molar-refractivity contribution >= 4 is 5.91 Å². The van der Waals surface area contributed by atoms with Gasteiger partial charge in [-0.3, -0.25) is 4.79 Å². The third-order valence-electron chi connectivity index (χ3n) is 2.46. The molecule has 0 radical (unpaired) electrons. The Bertz CT molecular complexity index is 394. The van der Waals surface area contributed by atoms with Gasteiger partial charge in [-0.2, -0.15) is 0 Å². The molecule has 100 valence electrons. The van der Waals surface area contributed by atoms with Gasteiger partial charge in [-0.1, -0.05) is 13.0 Å². The van der Waals surface area contributed by atoms with Gasteiger partial charge in [0.25, 0.3) is 5.91 Å². The maximum atomic E-state index is 11.4. The highest BCUT2D eigenvalue weighted by atomic mass is 16.5. The van der Waals surface area contributed by atoms with Gasteiger partial charge in [0.1, 0.15) is 0 Å². The normalized spacial score (nSPS) is 9.94. The van der Waals surface area contributed by atoms with Crippen molar-refractivity contribution in [1.82, 2.24) is 5.32 Å². The van der Waals surface area contributed by atoms with Crippen LogP contribution < -0.4 is 20.5 Å². The minimum atomic E-state index is -0.193. The van der Waals surface area contributed by atoms with Crippen molar-refractivity contribution in [2.24, 2.45) is 5.73 Å². The lowest BCUT2D eigenvalue weighted by atomic mass is 10.1. The summed E-state index contributed by atoms with van der Waals surface area (Å²) in [7, 11) is 1.58. The van der Waals surface area contributed by atoms with E-state index in [0.29, 0.717) is 24.6 Å². The molecule has 0 aliphatic carbocycles. The van der Waals surface area contributed by atoms with Gasteiger partial charge in [0.05, 0.1) is 7.11 Å². The Labute approximate surface area is 107 Å². The molecule has 1 aromatic rings. The Morgan fingerprint density at radius 2 is 2.17 bits per heavy atom. The van der Waals surface area contributed by atoms with Crippen LogP contribution in [0.25, 0.3) is 0 Å². The molecule has 0 fully saturated rings. The maximum Gasteiger partial charge on any atom is 0.257 e. The predicted octanol–water partition coefficient (Wildman–Crippen LogP) is 0.711. The van der Waals surface area contributed by atoms with Crippen LogP contribution >= 0.6 is 0 Å². The van der Waals surface area contributed by atoms with Gasteiger partial charge in [-0.05, 0) is 24.1 Å². The fraction of sp³-hybridized carbons (Fsp3) is 0.462. The smallest absolute Gasteiger partial charge is 0.257 e. The molecule has 0 aliphatic rings. The van der Waals surface area contributed by atoms with Crippen LogP contribution in [-0.4, -0.2) is 32.7 Å². The fourth-order valence-corrected chi connectivity index (χ4v) is 1.46. The summed E-state index contributed by atoms with van der Waals surface area (Å²) in [5.74, 6) is 1.01. The molecule has 3 N–H and O–H groups in total. The molecule has 0 bridgehead atoms. The number of hydrogen-bond acceptors (Lipinski definition) is 4. The van der Waals surface area contributed by atoms with Crippen molar-refractivity contribution in [1.29, 1.82) is 0 Å². The first-order valence-electron chi connectivity index (χ1n) is 5.97. The van der Waals surface area contributed by atoms with E-state index in [1.54, 1.807) is 7.11 Å². The number of carbonyl (C=O) groups is 1. The van der Waals surface area contributed by atoms with E-state index in [1.807, 2.05) is 18.2 Å². The van der Waals surface area contributed by atoms with Crippen molar-refractivity contribution in [2.45, 2.75) is 13.3 Å². The van der Waals surface area contributed by atoms with Crippen LogP contribution in [0.3, 0.4) is 0 Å². The summed E-state index contributed by atoms with van der Waals surface area (Å²) in [5.41, 5.74) is 6.45. The topological polar surface area (TPSA) is 73.6 Å². The molecule has 0 aromatic heterocycles. The number of rotatable bonds is 7. The molecule has 0 atom stereocenters. The summed E-state index contributed by atoms with van der Waals surface area (Å²) in [6.07, 6.45) is 0.924. The molecule has 5 heteroatoms. The number of benzene rings is 1. The van der Waals surface area contributed by atoms with Gasteiger partial charge >= 0.3 is 0 Å². The predicted molar refractivity (Wildman–Crippen MR) is 69.9 cm³/mol. The van der Waals surface area contributed by atoms with E-state index in [2.05, 4.69) is 12.2 Å². The first-order chi connectivity index (χ1) is 8.71. The number of carbonyl (C=O) groups excluding carboxylic acids is 1. The van der Waals surface area contributed by atoms with Crippen LogP contribution in [0.5, 0.6) is 11.5 Å². The van der Waals surface area contributed by atoms with E-state index in [4.69, 9.17) is 15.2 Å². The summed E-state index contributed by atoms with van der Waals surface area (Å²) in [5, 5.41) is 2.63. The molecule has 5 nitrogen and oxygen atoms in total. The molecule has 1 rings (SSSR count). The highest BCUT2D eigenvalue weighted by molar-refractivity contribution is 5.77. The number of nitrogens with two attached hydrogens (primary N) is 1. The zero-order chi connectivity index (χ0) is 13.4. The fourth-order valence-electron chi connectivity index (χ4n) is 1.46. The minimum absolute atomic E-state index is 0.0398. The summed E-state index contributed by atoms with van der Waals surface area (Å²) in [6, 6.07) is 5.68. The Hall–Kier alpha value is -1.75. The molecular formula is C13H20N2O3. The highest BCUT2D eigenvalue weighted by Gasteiger charge is 2.07. The monoisotopic (exact) mass is 252 g/mol. The molecular weight excluding hydrogens is 232 g/mol. The number of nitrogens with one attached hydrogen (secondary N) is 1. The number of methoxy groups -OCH3 is 1. The molecule has 1 aromatic carbocycles. The summed E-state index contributed by atoms with van der Waals surface area (Å²) >= 11 is 0. The summed E-state index contributed by atoms with van der Waals surface area (Å²) < 4.78 is 10.6. The average Bonchev–Trinajstić information content (AvgIpc) is 2.42. The second kappa shape index (κ2) is 7.55. The maximum absolute atomic E-state index is 11.4. The van der Waals surface area contributed by atoms with Crippen molar-refractivity contribution in [2.75, 3.05) is 26.8 Å². The van der Waals surface area contributed by atoms with E-state index >= 15 is 0 Å². The van der Waals surface area contributed by atoms with E-state index in [1.165, 1.54) is 0 Å². The average molecular weight is 252 g/mol. The molecule has 0 saturated heterocycles. The van der Waals surface area contributed by atoms with E-state index in [-0.39, 0.29) is 12.5 Å². The zero-order valence-electron chi connectivity index (χ0n) is 10.9. The van der Waals surface area contributed by atoms with E-state index in [0.717, 1.165) is 12.0 Å². The molecule has 0 unspecified atom stereocenters. The van der Waals surface area contributed by atoms with Crippen molar-refractivity contribution in [3.63, 3.8) is 0 Å². The molecule has 0 spiro atoms. The Balaban J connectivity index is 2.58. The first kappa shape index (κ1) is 14.3. The molecule has 0 aliphatic heterocycles. The van der Waals surface area contributed by atoms with E-state index in [9.17, 15) is 4.79 Å². The van der Waals surface area contributed by atoms with Gasteiger partial charge in [-0.25, -0.2) is 0 Å². The number of ether oxygens (including phenoxy) is 2. The Morgan fingerprint density at radius 1 is 1.39 bits per heavy atom. The van der Waals surface area contributed by atoms with Crippen LogP contribution in [0.15, 0.2) is 18.2 Å². The number of aryl methyl sites for hydroxylation is 1. The SMILES string of the molecule is CCc1ccc(OCC(=O)NCCN)c(OC)c1. The second-order valence-corrected chi connectivity index (χ2v) is 3.77. The van der Waals surface area contributed by atoms with Crippen LogP contribution in [0.1, 0.15) is 12.5 Å². The van der Waals surface area contributed by atoms with E-state index < -0.39 is 0 Å². The van der Waals surface area contributed by atoms with Crippen LogP contribution in [0.4, 0.5) is 0 Å². The van der Waals surface area contributed by atoms with Gasteiger partial charge < -0.3 is 20.5 Å². The van der Waals surface area contributed by atoms with Gasteiger partial charge in [0.2, 0.25) is 0 Å². The lowest BCUT2D eigenvalue weighted by molar-refractivity contribution is -0.123. The van der Waals surface area contributed by atoms with Crippen molar-refractivity contribution < 1.29 is 14.3 Å². The molecule has 1 amide bonds. The lowest BCUT2D eigenvalue weighted by Crippen LogP contribution is -2.32. The third kappa shape index (κ3) is 4.25. The first-order valence-corrected chi connectivity index (χ1v) is 5.97.